The Morgan fingerprint density at radius 2 is 1.48 bits per heavy atom. The van der Waals surface area contributed by atoms with Crippen molar-refractivity contribution in [1.29, 1.82) is 0 Å². The van der Waals surface area contributed by atoms with Crippen LogP contribution in [0.1, 0.15) is 107 Å². The van der Waals surface area contributed by atoms with E-state index in [2.05, 4.69) is 47.6 Å². The summed E-state index contributed by atoms with van der Waals surface area (Å²) in [6.45, 7) is 18.3. The maximum absolute atomic E-state index is 14.2. The van der Waals surface area contributed by atoms with Gasteiger partial charge in [0.05, 0.1) is 6.10 Å². The SMILES string of the molecule is CC1(C)CCC2(C)CCC3(C)C(=CC(=O)C4C5(C)CCC(=O)C(C)(C)C5C(O)CC43C)C2C1. The predicted molar refractivity (Wildman–Crippen MR) is 131 cm³/mol. The summed E-state index contributed by atoms with van der Waals surface area (Å²) >= 11 is 0. The molecule has 0 saturated heterocycles. The minimum Gasteiger partial charge on any atom is -0.393 e. The molecule has 5 aliphatic carbocycles. The molecule has 0 aromatic carbocycles. The average Bonchev–Trinajstić information content (AvgIpc) is 2.67. The summed E-state index contributed by atoms with van der Waals surface area (Å²) in [5.41, 5.74) is 0.690. The van der Waals surface area contributed by atoms with Crippen LogP contribution in [0.15, 0.2) is 11.6 Å². The van der Waals surface area contributed by atoms with Gasteiger partial charge in [-0.05, 0) is 84.0 Å². The van der Waals surface area contributed by atoms with Crippen molar-refractivity contribution in [3.8, 4) is 0 Å². The molecule has 184 valence electrons. The Morgan fingerprint density at radius 3 is 2.15 bits per heavy atom. The lowest BCUT2D eigenvalue weighted by Gasteiger charge is -2.70. The fourth-order valence-corrected chi connectivity index (χ4v) is 10.3. The summed E-state index contributed by atoms with van der Waals surface area (Å²) in [7, 11) is 0. The average molecular weight is 455 g/mol. The molecule has 33 heavy (non-hydrogen) atoms. The van der Waals surface area contributed by atoms with Crippen LogP contribution in [-0.2, 0) is 9.59 Å². The van der Waals surface area contributed by atoms with Crippen LogP contribution in [-0.4, -0.2) is 22.8 Å². The van der Waals surface area contributed by atoms with E-state index < -0.39 is 11.5 Å². The van der Waals surface area contributed by atoms with Crippen molar-refractivity contribution in [2.45, 2.75) is 113 Å². The third kappa shape index (κ3) is 2.84. The molecule has 0 aliphatic heterocycles. The zero-order valence-corrected chi connectivity index (χ0v) is 22.3. The number of rotatable bonds is 0. The molecule has 0 aromatic rings. The van der Waals surface area contributed by atoms with E-state index in [0.717, 1.165) is 19.3 Å². The summed E-state index contributed by atoms with van der Waals surface area (Å²) in [5, 5.41) is 11.7. The Balaban J connectivity index is 1.66. The van der Waals surface area contributed by atoms with E-state index in [4.69, 9.17) is 0 Å². The van der Waals surface area contributed by atoms with Gasteiger partial charge in [-0.2, -0.15) is 0 Å². The summed E-state index contributed by atoms with van der Waals surface area (Å²) < 4.78 is 0. The Kier molecular flexibility index (Phi) is 4.77. The van der Waals surface area contributed by atoms with E-state index in [9.17, 15) is 14.7 Å². The molecule has 0 amide bonds. The first kappa shape index (κ1) is 23.8. The number of ketones is 2. The molecule has 8 atom stereocenters. The minimum atomic E-state index is -0.586. The highest BCUT2D eigenvalue weighted by Crippen LogP contribution is 2.74. The smallest absolute Gasteiger partial charge is 0.159 e. The number of hydrogen-bond donors (Lipinski definition) is 1. The largest absolute Gasteiger partial charge is 0.393 e. The van der Waals surface area contributed by atoms with Gasteiger partial charge in [-0.1, -0.05) is 61.0 Å². The van der Waals surface area contributed by atoms with Gasteiger partial charge in [-0.25, -0.2) is 0 Å². The van der Waals surface area contributed by atoms with Crippen molar-refractivity contribution >= 4 is 11.6 Å². The molecule has 0 heterocycles. The van der Waals surface area contributed by atoms with E-state index in [-0.39, 0.29) is 45.1 Å². The predicted octanol–water partition coefficient (Wildman–Crippen LogP) is 6.53. The van der Waals surface area contributed by atoms with Crippen molar-refractivity contribution in [1.82, 2.24) is 0 Å². The summed E-state index contributed by atoms with van der Waals surface area (Å²) in [4.78, 5) is 27.1. The first-order valence-corrected chi connectivity index (χ1v) is 13.5. The highest BCUT2D eigenvalue weighted by atomic mass is 16.3. The molecule has 0 radical (unpaired) electrons. The molecule has 8 unspecified atom stereocenters. The van der Waals surface area contributed by atoms with Gasteiger partial charge in [-0.15, -0.1) is 0 Å². The summed E-state index contributed by atoms with van der Waals surface area (Å²) in [5.74, 6) is 0.696. The van der Waals surface area contributed by atoms with Crippen molar-refractivity contribution in [3.63, 3.8) is 0 Å². The Labute approximate surface area is 201 Å². The topological polar surface area (TPSA) is 54.4 Å². The fourth-order valence-electron chi connectivity index (χ4n) is 10.3. The monoisotopic (exact) mass is 454 g/mol. The molecule has 4 saturated carbocycles. The number of aliphatic hydroxyl groups is 1. The zero-order chi connectivity index (χ0) is 24.4. The maximum atomic E-state index is 14.2. The molecular formula is C30H46O3. The molecule has 5 rings (SSSR count). The fraction of sp³-hybridized carbons (Fsp3) is 0.867. The zero-order valence-electron chi connectivity index (χ0n) is 22.3. The lowest BCUT2D eigenvalue weighted by atomic mass is 9.33. The van der Waals surface area contributed by atoms with Gasteiger partial charge >= 0.3 is 0 Å². The van der Waals surface area contributed by atoms with Gasteiger partial charge in [0.25, 0.3) is 0 Å². The van der Waals surface area contributed by atoms with Crippen LogP contribution in [0.4, 0.5) is 0 Å². The van der Waals surface area contributed by atoms with E-state index in [1.54, 1.807) is 0 Å². The number of carbonyl (C=O) groups is 2. The van der Waals surface area contributed by atoms with Gasteiger partial charge in [0, 0.05) is 23.7 Å². The van der Waals surface area contributed by atoms with E-state index >= 15 is 0 Å². The summed E-state index contributed by atoms with van der Waals surface area (Å²) in [6, 6.07) is 0. The molecule has 3 heteroatoms. The highest BCUT2D eigenvalue weighted by Gasteiger charge is 2.71. The number of aliphatic hydroxyl groups excluding tert-OH is 1. The van der Waals surface area contributed by atoms with Crippen molar-refractivity contribution in [3.05, 3.63) is 11.6 Å². The second-order valence-corrected chi connectivity index (χ2v) is 15.2. The first-order chi connectivity index (χ1) is 15.0. The maximum Gasteiger partial charge on any atom is 0.159 e. The van der Waals surface area contributed by atoms with Crippen LogP contribution in [0.3, 0.4) is 0 Å². The number of carbonyl (C=O) groups excluding carboxylic acids is 2. The van der Waals surface area contributed by atoms with Gasteiger partial charge in [0.1, 0.15) is 5.78 Å². The quantitative estimate of drug-likeness (QED) is 0.453. The van der Waals surface area contributed by atoms with Crippen molar-refractivity contribution in [2.75, 3.05) is 0 Å². The van der Waals surface area contributed by atoms with Crippen molar-refractivity contribution < 1.29 is 14.7 Å². The Hall–Kier alpha value is -0.960. The molecular weight excluding hydrogens is 408 g/mol. The van der Waals surface area contributed by atoms with E-state index in [1.807, 2.05) is 13.8 Å². The summed E-state index contributed by atoms with van der Waals surface area (Å²) in [6.07, 6.45) is 9.38. The van der Waals surface area contributed by atoms with Crippen molar-refractivity contribution in [2.24, 2.45) is 50.2 Å². The molecule has 1 N–H and O–H groups in total. The standard InChI is InChI=1S/C30H46O3/c1-25(2)11-12-27(5)13-14-29(7)18(19(27)16-25)15-20(31)24-28(6)10-9-22(33)26(3,4)23(28)21(32)17-30(24,29)8/h15,19,21,23-24,32H,9-14,16-17H2,1-8H3. The van der Waals surface area contributed by atoms with Gasteiger partial charge in [0.15, 0.2) is 5.78 Å². The van der Waals surface area contributed by atoms with Gasteiger partial charge < -0.3 is 5.11 Å². The first-order valence-electron chi connectivity index (χ1n) is 13.5. The highest BCUT2D eigenvalue weighted by molar-refractivity contribution is 5.96. The van der Waals surface area contributed by atoms with Crippen LogP contribution in [0.2, 0.25) is 0 Å². The van der Waals surface area contributed by atoms with Crippen LogP contribution >= 0.6 is 0 Å². The lowest BCUT2D eigenvalue weighted by molar-refractivity contribution is -0.215. The molecule has 0 spiro atoms. The molecule has 0 bridgehead atoms. The van der Waals surface area contributed by atoms with Crippen LogP contribution in [0.5, 0.6) is 0 Å². The van der Waals surface area contributed by atoms with E-state index in [1.165, 1.54) is 24.8 Å². The van der Waals surface area contributed by atoms with Crippen LogP contribution in [0.25, 0.3) is 0 Å². The second-order valence-electron chi connectivity index (χ2n) is 15.2. The van der Waals surface area contributed by atoms with Crippen LogP contribution in [0, 0.1) is 50.2 Å². The Bertz CT molecular complexity index is 942. The Morgan fingerprint density at radius 1 is 0.848 bits per heavy atom. The third-order valence-electron chi connectivity index (χ3n) is 12.4. The molecule has 5 aliphatic rings. The molecule has 0 aromatic heterocycles. The lowest BCUT2D eigenvalue weighted by Crippen LogP contribution is -2.69. The normalized spacial score (nSPS) is 52.7. The number of fused-ring (bicyclic) bond motifs is 7. The van der Waals surface area contributed by atoms with E-state index in [0.29, 0.717) is 24.2 Å². The number of hydrogen-bond acceptors (Lipinski definition) is 3. The van der Waals surface area contributed by atoms with Crippen LogP contribution < -0.4 is 0 Å². The number of Topliss-reactive ketones (excluding diaryl/α,β-unsaturated/α-hetero) is 1. The van der Waals surface area contributed by atoms with Gasteiger partial charge in [-0.3, -0.25) is 9.59 Å². The van der Waals surface area contributed by atoms with Gasteiger partial charge in [0.2, 0.25) is 0 Å². The second kappa shape index (κ2) is 6.62. The molecule has 4 fully saturated rings. The molecule has 3 nitrogen and oxygen atoms in total. The number of allylic oxidation sites excluding steroid dienone is 2. The third-order valence-corrected chi connectivity index (χ3v) is 12.4. The minimum absolute atomic E-state index is 0.0796.